The van der Waals surface area contributed by atoms with E-state index in [9.17, 15) is 4.79 Å². The Hall–Kier alpha value is -1.69. The van der Waals surface area contributed by atoms with E-state index in [1.54, 1.807) is 11.3 Å². The predicted molar refractivity (Wildman–Crippen MR) is 104 cm³/mol. The van der Waals surface area contributed by atoms with Crippen LogP contribution in [0.4, 0.5) is 0 Å². The molecule has 25 heavy (non-hydrogen) atoms. The van der Waals surface area contributed by atoms with E-state index in [0.29, 0.717) is 12.4 Å². The van der Waals surface area contributed by atoms with Crippen molar-refractivity contribution in [2.75, 3.05) is 0 Å². The van der Waals surface area contributed by atoms with E-state index in [4.69, 9.17) is 16.6 Å². The van der Waals surface area contributed by atoms with Crippen LogP contribution in [0.15, 0.2) is 29.1 Å². The lowest BCUT2D eigenvalue weighted by molar-refractivity contribution is 0.560. The van der Waals surface area contributed by atoms with Crippen molar-refractivity contribution in [3.8, 4) is 0 Å². The van der Waals surface area contributed by atoms with Crippen LogP contribution < -0.4 is 10.9 Å². The van der Waals surface area contributed by atoms with Gasteiger partial charge in [-0.1, -0.05) is 29.8 Å². The number of hydrogen-bond acceptors (Lipinski definition) is 4. The molecule has 0 spiro atoms. The van der Waals surface area contributed by atoms with Crippen LogP contribution in [-0.4, -0.2) is 9.97 Å². The third kappa shape index (κ3) is 3.24. The third-order valence-electron chi connectivity index (χ3n) is 4.82. The minimum absolute atomic E-state index is 0.00778. The minimum atomic E-state index is -0.00778. The van der Waals surface area contributed by atoms with Gasteiger partial charge in [0.15, 0.2) is 0 Å². The van der Waals surface area contributed by atoms with Crippen molar-refractivity contribution in [3.05, 3.63) is 61.5 Å². The maximum Gasteiger partial charge on any atom is 0.259 e. The van der Waals surface area contributed by atoms with E-state index in [1.807, 2.05) is 24.3 Å². The number of halogens is 1. The summed E-state index contributed by atoms with van der Waals surface area (Å²) in [5, 5.41) is 4.95. The normalized spacial score (nSPS) is 15.3. The van der Waals surface area contributed by atoms with Crippen LogP contribution in [0.25, 0.3) is 10.2 Å². The number of fused-ring (bicyclic) bond motifs is 3. The number of hydrogen-bond donors (Lipinski definition) is 2. The molecule has 0 amide bonds. The highest BCUT2D eigenvalue weighted by Gasteiger charge is 2.20. The molecule has 0 radical (unpaired) electrons. The molecular formula is C19H20ClN3OS. The number of nitrogens with zero attached hydrogens (tertiary/aromatic N) is 1. The smallest absolute Gasteiger partial charge is 0.259 e. The third-order valence-corrected chi connectivity index (χ3v) is 6.35. The molecule has 0 fully saturated rings. The van der Waals surface area contributed by atoms with Gasteiger partial charge in [0.1, 0.15) is 10.7 Å². The zero-order valence-electron chi connectivity index (χ0n) is 14.1. The molecule has 2 heterocycles. The molecule has 0 unspecified atom stereocenters. The van der Waals surface area contributed by atoms with Crippen LogP contribution in [0.3, 0.4) is 0 Å². The second-order valence-corrected chi connectivity index (χ2v) is 8.02. The first-order chi connectivity index (χ1) is 12.1. The Bertz CT molecular complexity index is 978. The average molecular weight is 374 g/mol. The fraction of sp³-hybridized carbons (Fsp3) is 0.368. The fourth-order valence-electron chi connectivity index (χ4n) is 3.48. The van der Waals surface area contributed by atoms with Crippen molar-refractivity contribution in [1.82, 2.24) is 15.3 Å². The van der Waals surface area contributed by atoms with E-state index in [1.165, 1.54) is 16.9 Å². The second kappa shape index (κ2) is 6.90. The highest BCUT2D eigenvalue weighted by molar-refractivity contribution is 7.18. The van der Waals surface area contributed by atoms with E-state index < -0.39 is 0 Å². The first-order valence-electron chi connectivity index (χ1n) is 8.64. The molecule has 4 rings (SSSR count). The van der Waals surface area contributed by atoms with Crippen LogP contribution in [0, 0.1) is 0 Å². The minimum Gasteiger partial charge on any atom is -0.309 e. The van der Waals surface area contributed by atoms with Gasteiger partial charge < -0.3 is 10.3 Å². The summed E-state index contributed by atoms with van der Waals surface area (Å²) in [4.78, 5) is 22.4. The molecule has 1 aliphatic carbocycles. The van der Waals surface area contributed by atoms with Crippen LogP contribution >= 0.6 is 22.9 Å². The lowest BCUT2D eigenvalue weighted by Crippen LogP contribution is -2.22. The van der Waals surface area contributed by atoms with Crippen molar-refractivity contribution >= 4 is 33.2 Å². The Morgan fingerprint density at radius 3 is 2.96 bits per heavy atom. The van der Waals surface area contributed by atoms with Gasteiger partial charge in [0, 0.05) is 15.9 Å². The number of aromatic amines is 1. The summed E-state index contributed by atoms with van der Waals surface area (Å²) in [7, 11) is 0. The number of rotatable bonds is 4. The molecule has 4 nitrogen and oxygen atoms in total. The molecule has 0 saturated heterocycles. The molecule has 1 atom stereocenters. The largest absolute Gasteiger partial charge is 0.309 e. The Balaban J connectivity index is 1.58. The van der Waals surface area contributed by atoms with Gasteiger partial charge in [-0.2, -0.15) is 0 Å². The first kappa shape index (κ1) is 16.8. The highest BCUT2D eigenvalue weighted by atomic mass is 35.5. The summed E-state index contributed by atoms with van der Waals surface area (Å²) < 4.78 is 0. The van der Waals surface area contributed by atoms with Gasteiger partial charge in [-0.05, 0) is 49.8 Å². The van der Waals surface area contributed by atoms with Crippen molar-refractivity contribution < 1.29 is 0 Å². The number of benzene rings is 1. The van der Waals surface area contributed by atoms with Gasteiger partial charge >= 0.3 is 0 Å². The molecule has 1 aliphatic rings. The van der Waals surface area contributed by atoms with Crippen molar-refractivity contribution in [1.29, 1.82) is 0 Å². The monoisotopic (exact) mass is 373 g/mol. The Labute approximate surface area is 155 Å². The summed E-state index contributed by atoms with van der Waals surface area (Å²) in [6.07, 6.45) is 4.45. The number of aryl methyl sites for hydroxylation is 2. The van der Waals surface area contributed by atoms with Gasteiger partial charge in [0.2, 0.25) is 0 Å². The summed E-state index contributed by atoms with van der Waals surface area (Å²) in [5.74, 6) is 0.676. The van der Waals surface area contributed by atoms with Gasteiger partial charge in [0.05, 0.1) is 11.9 Å². The summed E-state index contributed by atoms with van der Waals surface area (Å²) >= 11 is 7.93. The molecule has 6 heteroatoms. The number of thiophene rings is 1. The maximum atomic E-state index is 12.6. The molecule has 1 aromatic carbocycles. The number of H-pyrrole nitrogens is 1. The Morgan fingerprint density at radius 1 is 1.32 bits per heavy atom. The predicted octanol–water partition coefficient (Wildman–Crippen LogP) is 4.37. The molecule has 130 valence electrons. The number of nitrogens with one attached hydrogen (secondary N) is 2. The molecule has 0 bridgehead atoms. The fourth-order valence-corrected chi connectivity index (χ4v) is 5.06. The molecule has 3 aromatic rings. The zero-order chi connectivity index (χ0) is 17.4. The average Bonchev–Trinajstić information content (AvgIpc) is 2.99. The van der Waals surface area contributed by atoms with Gasteiger partial charge in [-0.25, -0.2) is 4.98 Å². The van der Waals surface area contributed by atoms with Crippen LogP contribution in [0.1, 0.15) is 47.6 Å². The van der Waals surface area contributed by atoms with E-state index in [2.05, 4.69) is 17.2 Å². The summed E-state index contributed by atoms with van der Waals surface area (Å²) in [5.41, 5.74) is 2.26. The van der Waals surface area contributed by atoms with Crippen molar-refractivity contribution in [2.45, 2.75) is 45.2 Å². The molecule has 2 N–H and O–H groups in total. The molecule has 0 aliphatic heterocycles. The summed E-state index contributed by atoms with van der Waals surface area (Å²) in [6, 6.07) is 7.86. The summed E-state index contributed by atoms with van der Waals surface area (Å²) in [6.45, 7) is 2.56. The lowest BCUT2D eigenvalue weighted by atomic mass is 9.97. The van der Waals surface area contributed by atoms with Crippen LogP contribution in [0.5, 0.6) is 0 Å². The van der Waals surface area contributed by atoms with Gasteiger partial charge in [0.25, 0.3) is 5.56 Å². The second-order valence-electron chi connectivity index (χ2n) is 6.53. The Kier molecular flexibility index (Phi) is 4.63. The SMILES string of the molecule is C[C@@H](NCc1nc2sc3c(c2c(=O)[nH]1)CCCC3)c1ccccc1Cl. The highest BCUT2D eigenvalue weighted by Crippen LogP contribution is 2.33. The number of aromatic nitrogens is 2. The molecule has 2 aromatic heterocycles. The van der Waals surface area contributed by atoms with Gasteiger partial charge in [-0.3, -0.25) is 4.79 Å². The van der Waals surface area contributed by atoms with E-state index in [0.717, 1.165) is 40.1 Å². The molecular weight excluding hydrogens is 354 g/mol. The topological polar surface area (TPSA) is 57.8 Å². The quantitative estimate of drug-likeness (QED) is 0.714. The van der Waals surface area contributed by atoms with E-state index in [-0.39, 0.29) is 11.6 Å². The first-order valence-corrected chi connectivity index (χ1v) is 9.84. The Morgan fingerprint density at radius 2 is 2.12 bits per heavy atom. The molecule has 0 saturated carbocycles. The van der Waals surface area contributed by atoms with Gasteiger partial charge in [-0.15, -0.1) is 11.3 Å². The standard InChI is InChI=1S/C19H20ClN3OS/c1-11(12-6-2-4-8-14(12)20)21-10-16-22-18(24)17-13-7-3-5-9-15(13)25-19(17)23-16/h2,4,6,8,11,21H,3,5,7,9-10H2,1H3,(H,22,23,24)/t11-/m1/s1. The maximum absolute atomic E-state index is 12.6. The van der Waals surface area contributed by atoms with Crippen LogP contribution in [0.2, 0.25) is 5.02 Å². The van der Waals surface area contributed by atoms with E-state index >= 15 is 0 Å². The van der Waals surface area contributed by atoms with Crippen molar-refractivity contribution in [3.63, 3.8) is 0 Å². The van der Waals surface area contributed by atoms with Crippen LogP contribution in [-0.2, 0) is 19.4 Å². The lowest BCUT2D eigenvalue weighted by Gasteiger charge is -2.15. The van der Waals surface area contributed by atoms with Crippen molar-refractivity contribution in [2.24, 2.45) is 0 Å². The zero-order valence-corrected chi connectivity index (χ0v) is 15.6.